The number of thioether (sulfide) groups is 1. The number of thiophene rings is 1. The maximum atomic E-state index is 4.91. The predicted molar refractivity (Wildman–Crippen MR) is 124 cm³/mol. The average molecular weight is 454 g/mol. The minimum absolute atomic E-state index is 0.712. The highest BCUT2D eigenvalue weighted by Gasteiger charge is 2.26. The summed E-state index contributed by atoms with van der Waals surface area (Å²) in [6, 6.07) is 8.26. The predicted octanol–water partition coefficient (Wildman–Crippen LogP) is 3.59. The summed E-state index contributed by atoms with van der Waals surface area (Å²) < 4.78 is 4.14. The van der Waals surface area contributed by atoms with Crippen molar-refractivity contribution in [3.8, 4) is 0 Å². The van der Waals surface area contributed by atoms with Crippen LogP contribution >= 0.6 is 34.4 Å². The molecule has 9 heteroatoms. The van der Waals surface area contributed by atoms with Crippen LogP contribution < -0.4 is 4.90 Å². The second kappa shape index (κ2) is 7.56. The minimum atomic E-state index is 0.712. The van der Waals surface area contributed by atoms with E-state index in [1.807, 2.05) is 28.2 Å². The first-order valence-electron chi connectivity index (χ1n) is 10.2. The molecule has 0 radical (unpaired) electrons. The Morgan fingerprint density at radius 1 is 1.20 bits per heavy atom. The van der Waals surface area contributed by atoms with Crippen molar-refractivity contribution in [3.63, 3.8) is 0 Å². The molecule has 30 heavy (non-hydrogen) atoms. The molecule has 0 saturated carbocycles. The van der Waals surface area contributed by atoms with Crippen LogP contribution in [0.15, 0.2) is 34.9 Å². The van der Waals surface area contributed by atoms with Gasteiger partial charge in [-0.1, -0.05) is 30.8 Å². The van der Waals surface area contributed by atoms with Gasteiger partial charge < -0.3 is 4.90 Å². The Morgan fingerprint density at radius 2 is 2.13 bits per heavy atom. The molecule has 6 rings (SSSR count). The van der Waals surface area contributed by atoms with Gasteiger partial charge in [0, 0.05) is 6.42 Å². The second-order valence-corrected chi connectivity index (χ2v) is 11.0. The maximum absolute atomic E-state index is 4.91. The second-order valence-electron chi connectivity index (χ2n) is 7.64. The van der Waals surface area contributed by atoms with E-state index in [0.717, 1.165) is 39.1 Å². The third-order valence-corrected chi connectivity index (χ3v) is 8.91. The van der Waals surface area contributed by atoms with E-state index in [1.165, 1.54) is 40.0 Å². The van der Waals surface area contributed by atoms with Gasteiger partial charge in [-0.15, -0.1) is 27.8 Å². The van der Waals surface area contributed by atoms with E-state index >= 15 is 0 Å². The quantitative estimate of drug-likeness (QED) is 0.412. The summed E-state index contributed by atoms with van der Waals surface area (Å²) in [7, 11) is 0. The standard InChI is InChI=1S/C21H20N6S3/c1-2-8-26-9-7-13-16(10-26)29-20-18(13)19-24-17(25-27(19)12-22-20)11-28-21-23-14-5-3-4-6-15(14)30-21/h3-6,12H,2,7-11H2,1H3/p+1. The number of hydrogen-bond donors (Lipinski definition) is 1. The van der Waals surface area contributed by atoms with Crippen molar-refractivity contribution in [2.75, 3.05) is 13.1 Å². The van der Waals surface area contributed by atoms with E-state index in [0.29, 0.717) is 5.75 Å². The number of quaternary nitrogens is 1. The zero-order valence-corrected chi connectivity index (χ0v) is 19.0. The zero-order chi connectivity index (χ0) is 20.1. The molecular weight excluding hydrogens is 432 g/mol. The molecule has 0 amide bonds. The zero-order valence-electron chi connectivity index (χ0n) is 16.6. The Morgan fingerprint density at radius 3 is 3.03 bits per heavy atom. The first kappa shape index (κ1) is 18.7. The number of nitrogens with zero attached hydrogens (tertiary/aromatic N) is 5. The van der Waals surface area contributed by atoms with Crippen LogP contribution in [0.25, 0.3) is 26.1 Å². The molecule has 0 bridgehead atoms. The highest BCUT2D eigenvalue weighted by Crippen LogP contribution is 2.34. The number of thiazole rings is 1. The van der Waals surface area contributed by atoms with Crippen molar-refractivity contribution in [1.82, 2.24) is 24.6 Å². The number of rotatable bonds is 5. The van der Waals surface area contributed by atoms with Gasteiger partial charge in [0.15, 0.2) is 15.8 Å². The van der Waals surface area contributed by atoms with Crippen molar-refractivity contribution in [2.45, 2.75) is 36.4 Å². The van der Waals surface area contributed by atoms with Crippen molar-refractivity contribution < 1.29 is 4.90 Å². The van der Waals surface area contributed by atoms with E-state index in [2.05, 4.69) is 25.1 Å². The van der Waals surface area contributed by atoms with Crippen molar-refractivity contribution in [1.29, 1.82) is 0 Å². The summed E-state index contributed by atoms with van der Waals surface area (Å²) in [6.07, 6.45) is 4.15. The molecule has 5 heterocycles. The van der Waals surface area contributed by atoms with Crippen LogP contribution in [0, 0.1) is 0 Å². The summed E-state index contributed by atoms with van der Waals surface area (Å²) in [5.74, 6) is 1.55. The number of fused-ring (bicyclic) bond motifs is 6. The molecule has 1 aliphatic heterocycles. The van der Waals surface area contributed by atoms with E-state index in [1.54, 1.807) is 28.0 Å². The molecule has 4 aromatic heterocycles. The lowest BCUT2D eigenvalue weighted by Gasteiger charge is -2.23. The summed E-state index contributed by atoms with van der Waals surface area (Å²) in [4.78, 5) is 18.6. The molecule has 152 valence electrons. The lowest BCUT2D eigenvalue weighted by molar-refractivity contribution is -0.915. The lowest BCUT2D eigenvalue weighted by atomic mass is 10.1. The number of hydrogen-bond acceptors (Lipinski definition) is 7. The van der Waals surface area contributed by atoms with Crippen LogP contribution in [0.2, 0.25) is 0 Å². The molecule has 1 aromatic carbocycles. The van der Waals surface area contributed by atoms with Gasteiger partial charge in [0.25, 0.3) is 0 Å². The molecule has 6 nitrogen and oxygen atoms in total. The molecule has 5 aromatic rings. The van der Waals surface area contributed by atoms with Gasteiger partial charge in [-0.2, -0.15) is 0 Å². The SMILES string of the molecule is CCC[NH+]1CCc2c(sc3ncn4nc(CSc5nc6ccccc6s5)nc4c23)C1. The number of benzene rings is 1. The first-order valence-corrected chi connectivity index (χ1v) is 12.9. The van der Waals surface area contributed by atoms with E-state index in [-0.39, 0.29) is 0 Å². The van der Waals surface area contributed by atoms with Gasteiger partial charge in [-0.3, -0.25) is 0 Å². The third kappa shape index (κ3) is 3.20. The lowest BCUT2D eigenvalue weighted by Crippen LogP contribution is -3.11. The summed E-state index contributed by atoms with van der Waals surface area (Å²) in [5.41, 5.74) is 3.46. The Labute approximate surface area is 186 Å². The third-order valence-electron chi connectivity index (χ3n) is 5.60. The number of aromatic nitrogens is 5. The number of para-hydroxylation sites is 1. The molecule has 1 unspecified atom stereocenters. The van der Waals surface area contributed by atoms with Crippen LogP contribution in [0.4, 0.5) is 0 Å². The minimum Gasteiger partial charge on any atom is -0.330 e. The van der Waals surface area contributed by atoms with Gasteiger partial charge in [0.2, 0.25) is 0 Å². The summed E-state index contributed by atoms with van der Waals surface area (Å²) >= 11 is 5.27. The molecule has 1 aliphatic rings. The first-order chi connectivity index (χ1) is 14.8. The van der Waals surface area contributed by atoms with Crippen LogP contribution in [-0.2, 0) is 18.7 Å². The van der Waals surface area contributed by atoms with Gasteiger partial charge in [0.1, 0.15) is 17.7 Å². The normalized spacial score (nSPS) is 16.6. The summed E-state index contributed by atoms with van der Waals surface area (Å²) in [6.45, 7) is 5.82. The van der Waals surface area contributed by atoms with Crippen LogP contribution in [0.1, 0.15) is 29.6 Å². The van der Waals surface area contributed by atoms with Crippen molar-refractivity contribution in [2.24, 2.45) is 0 Å². The van der Waals surface area contributed by atoms with Gasteiger partial charge in [-0.05, 0) is 24.1 Å². The monoisotopic (exact) mass is 453 g/mol. The maximum Gasteiger partial charge on any atom is 0.168 e. The molecule has 0 fully saturated rings. The van der Waals surface area contributed by atoms with Gasteiger partial charge >= 0.3 is 0 Å². The average Bonchev–Trinajstić information content (AvgIpc) is 3.45. The molecule has 1 atom stereocenters. The fourth-order valence-corrected chi connectivity index (χ4v) is 7.41. The van der Waals surface area contributed by atoms with Crippen LogP contribution in [0.3, 0.4) is 0 Å². The highest BCUT2D eigenvalue weighted by molar-refractivity contribution is 8.00. The van der Waals surface area contributed by atoms with E-state index in [4.69, 9.17) is 20.1 Å². The number of nitrogens with one attached hydrogen (secondary N) is 1. The molecular formula is C21H21N6S3+. The van der Waals surface area contributed by atoms with Crippen LogP contribution in [-0.4, -0.2) is 37.7 Å². The summed E-state index contributed by atoms with van der Waals surface area (Å²) in [5, 5.41) is 5.92. The molecule has 0 spiro atoms. The van der Waals surface area contributed by atoms with Crippen molar-refractivity contribution in [3.05, 3.63) is 46.9 Å². The fourth-order valence-electron chi connectivity index (χ4n) is 4.24. The van der Waals surface area contributed by atoms with Gasteiger partial charge in [-0.25, -0.2) is 19.5 Å². The van der Waals surface area contributed by atoms with Gasteiger partial charge in [0.05, 0.1) is 39.3 Å². The fraction of sp³-hybridized carbons (Fsp3) is 0.333. The Balaban J connectivity index is 1.31. The Bertz CT molecular complexity index is 1330. The van der Waals surface area contributed by atoms with Crippen molar-refractivity contribution >= 4 is 60.5 Å². The smallest absolute Gasteiger partial charge is 0.168 e. The molecule has 0 saturated heterocycles. The van der Waals surface area contributed by atoms with E-state index < -0.39 is 0 Å². The van der Waals surface area contributed by atoms with E-state index in [9.17, 15) is 0 Å². The van der Waals surface area contributed by atoms with Crippen LogP contribution in [0.5, 0.6) is 0 Å². The molecule has 1 N–H and O–H groups in total. The topological polar surface area (TPSA) is 60.4 Å². The Kier molecular flexibility index (Phi) is 4.71. The molecule has 0 aliphatic carbocycles. The Hall–Kier alpha value is -2.07. The largest absolute Gasteiger partial charge is 0.330 e. The highest BCUT2D eigenvalue weighted by atomic mass is 32.2.